The molecule has 39 heavy (non-hydrogen) atoms. The van der Waals surface area contributed by atoms with Gasteiger partial charge in [-0.05, 0) is 79.7 Å². The molecule has 0 N–H and O–H groups in total. The minimum Gasteiger partial charge on any atom is -0.203 e. The van der Waals surface area contributed by atoms with Crippen LogP contribution in [0.5, 0.6) is 0 Å². The van der Waals surface area contributed by atoms with Crippen LogP contribution in [0.25, 0.3) is 32.3 Å². The molecule has 0 atom stereocenters. The van der Waals surface area contributed by atoms with Crippen LogP contribution in [0.4, 0.5) is 0 Å². The number of hydrogen-bond donors (Lipinski definition) is 0. The zero-order chi connectivity index (χ0) is 26.5. The highest BCUT2D eigenvalue weighted by atomic mass is 32.3. The largest absolute Gasteiger partial charge is 0.307 e. The summed E-state index contributed by atoms with van der Waals surface area (Å²) in [5.41, 5.74) is 0. The second-order valence-corrected chi connectivity index (χ2v) is 13.9. The molecule has 0 aliphatic rings. The quantitative estimate of drug-likeness (QED) is 0.196. The molecule has 0 saturated heterocycles. The molecule has 0 fully saturated rings. The summed E-state index contributed by atoms with van der Waals surface area (Å²) in [7, 11) is -6.91. The average Bonchev–Trinajstić information content (AvgIpc) is 3.00. The van der Waals surface area contributed by atoms with Gasteiger partial charge >= 0.3 is 10.1 Å². The molecule has 0 aliphatic carbocycles. The Kier molecular flexibility index (Phi) is 5.67. The first-order chi connectivity index (χ1) is 19.1. The lowest BCUT2D eigenvalue weighted by Crippen LogP contribution is -2.15. The summed E-state index contributed by atoms with van der Waals surface area (Å²) in [5, 5.41) is 5.84. The van der Waals surface area contributed by atoms with Crippen LogP contribution in [0.2, 0.25) is 0 Å². The maximum absolute atomic E-state index is 14.5. The van der Waals surface area contributed by atoms with Crippen molar-refractivity contribution in [3.05, 3.63) is 146 Å². The van der Waals surface area contributed by atoms with Gasteiger partial charge in [0.05, 0.1) is 0 Å². The fourth-order valence-electron chi connectivity index (χ4n) is 5.46. The van der Waals surface area contributed by atoms with E-state index in [4.69, 9.17) is 3.63 Å². The Labute approximate surface area is 229 Å². The molecule has 0 aliphatic heterocycles. The van der Waals surface area contributed by atoms with Crippen LogP contribution >= 0.6 is 10.3 Å². The summed E-state index contributed by atoms with van der Waals surface area (Å²) >= 11 is 0. The minimum atomic E-state index is -4.25. The summed E-state index contributed by atoms with van der Waals surface area (Å²) in [6.45, 7) is 0. The van der Waals surface area contributed by atoms with Crippen molar-refractivity contribution in [2.45, 2.75) is 19.6 Å². The van der Waals surface area contributed by atoms with Crippen molar-refractivity contribution in [1.82, 2.24) is 0 Å². The van der Waals surface area contributed by atoms with E-state index >= 15 is 0 Å². The van der Waals surface area contributed by atoms with Gasteiger partial charge in [-0.15, -0.1) is 0 Å². The van der Waals surface area contributed by atoms with Crippen molar-refractivity contribution in [3.8, 4) is 0 Å². The second kappa shape index (κ2) is 9.24. The van der Waals surface area contributed by atoms with Crippen molar-refractivity contribution in [2.75, 3.05) is 0 Å². The Morgan fingerprint density at radius 1 is 0.410 bits per heavy atom. The maximum atomic E-state index is 14.5. The summed E-state index contributed by atoms with van der Waals surface area (Å²) in [6.07, 6.45) is 0. The third kappa shape index (κ3) is 3.81. The zero-order valence-corrected chi connectivity index (χ0v) is 22.5. The third-order valence-electron chi connectivity index (χ3n) is 7.18. The molecule has 3 nitrogen and oxygen atoms in total. The first kappa shape index (κ1) is 23.9. The van der Waals surface area contributed by atoms with Gasteiger partial charge in [-0.1, -0.05) is 103 Å². The lowest BCUT2D eigenvalue weighted by atomic mass is 9.94. The van der Waals surface area contributed by atoms with Gasteiger partial charge in [0.25, 0.3) is 0 Å². The zero-order valence-electron chi connectivity index (χ0n) is 20.9. The Morgan fingerprint density at radius 3 is 1.36 bits per heavy atom. The minimum absolute atomic E-state index is 0.174. The van der Waals surface area contributed by atoms with Gasteiger partial charge in [0.2, 0.25) is 0 Å². The van der Waals surface area contributed by atoms with E-state index in [1.54, 1.807) is 6.07 Å². The smallest absolute Gasteiger partial charge is 0.203 e. The van der Waals surface area contributed by atoms with E-state index in [-0.39, 0.29) is 4.90 Å². The number of benzene rings is 7. The van der Waals surface area contributed by atoms with Crippen molar-refractivity contribution in [3.63, 3.8) is 0 Å². The summed E-state index contributed by atoms with van der Waals surface area (Å²) < 4.78 is 35.6. The molecular weight excluding hydrogens is 521 g/mol. The predicted molar refractivity (Wildman–Crippen MR) is 160 cm³/mol. The van der Waals surface area contributed by atoms with E-state index in [0.29, 0.717) is 5.39 Å². The van der Waals surface area contributed by atoms with Gasteiger partial charge in [0, 0.05) is 20.1 Å². The van der Waals surface area contributed by atoms with E-state index < -0.39 is 20.4 Å². The number of hydrogen-bond acceptors (Lipinski definition) is 3. The van der Waals surface area contributed by atoms with E-state index in [2.05, 4.69) is 24.3 Å². The molecule has 0 radical (unpaired) electrons. The van der Waals surface area contributed by atoms with Crippen molar-refractivity contribution < 1.29 is 12.0 Å². The molecule has 0 bridgehead atoms. The highest BCUT2D eigenvalue weighted by Crippen LogP contribution is 2.70. The highest BCUT2D eigenvalue weighted by molar-refractivity contribution is 8.33. The standard InChI is InChI=1S/C34H24O3S2/c35-39(36,32-24-22-27-20-19-25-11-10-12-26-21-23-31(32)34(27)33(25)26)37-38(28-13-4-1-5-14-28,29-15-6-2-7-16-29)30-17-8-3-9-18-30/h1-24H. The Bertz CT molecular complexity index is 1930. The lowest BCUT2D eigenvalue weighted by Gasteiger charge is -2.39. The van der Waals surface area contributed by atoms with Gasteiger partial charge in [-0.25, -0.2) is 3.63 Å². The van der Waals surface area contributed by atoms with Gasteiger partial charge in [-0.2, -0.15) is 8.42 Å². The van der Waals surface area contributed by atoms with E-state index in [1.165, 1.54) is 0 Å². The summed E-state index contributed by atoms with van der Waals surface area (Å²) in [6, 6.07) is 46.8. The van der Waals surface area contributed by atoms with Crippen LogP contribution in [-0.4, -0.2) is 8.42 Å². The lowest BCUT2D eigenvalue weighted by molar-refractivity contribution is 0.509. The highest BCUT2D eigenvalue weighted by Gasteiger charge is 2.38. The molecule has 0 heterocycles. The van der Waals surface area contributed by atoms with Crippen LogP contribution in [-0.2, 0) is 13.7 Å². The normalized spacial score (nSPS) is 12.8. The molecule has 7 aromatic rings. The molecule has 7 rings (SSSR count). The Balaban J connectivity index is 1.51. The van der Waals surface area contributed by atoms with Gasteiger partial charge in [0.15, 0.2) is 0 Å². The maximum Gasteiger partial charge on any atom is 0.307 e. The number of rotatable bonds is 6. The predicted octanol–water partition coefficient (Wildman–Crippen LogP) is 9.19. The van der Waals surface area contributed by atoms with Gasteiger partial charge < -0.3 is 0 Å². The van der Waals surface area contributed by atoms with Crippen LogP contribution < -0.4 is 0 Å². The Morgan fingerprint density at radius 2 is 0.846 bits per heavy atom. The molecular formula is C34H24O3S2. The SMILES string of the molecule is O=S(=O)(OS(c1ccccc1)(c1ccccc1)c1ccccc1)c1ccc2ccc3cccc4ccc1c2c34. The van der Waals surface area contributed by atoms with Gasteiger partial charge in [-0.3, -0.25) is 0 Å². The fourth-order valence-corrected chi connectivity index (χ4v) is 10.9. The monoisotopic (exact) mass is 544 g/mol. The molecule has 190 valence electrons. The van der Waals surface area contributed by atoms with E-state index in [1.807, 2.05) is 115 Å². The summed E-state index contributed by atoms with van der Waals surface area (Å²) in [5.74, 6) is 0. The molecule has 5 heteroatoms. The van der Waals surface area contributed by atoms with Crippen molar-refractivity contribution in [1.29, 1.82) is 0 Å². The van der Waals surface area contributed by atoms with E-state index in [9.17, 15) is 8.42 Å². The van der Waals surface area contributed by atoms with Crippen molar-refractivity contribution >= 4 is 52.7 Å². The van der Waals surface area contributed by atoms with Crippen molar-refractivity contribution in [2.24, 2.45) is 0 Å². The molecule has 0 unspecified atom stereocenters. The third-order valence-corrected chi connectivity index (χ3v) is 12.4. The summed E-state index contributed by atoms with van der Waals surface area (Å²) in [4.78, 5) is 2.60. The van der Waals surface area contributed by atoms with Crippen LogP contribution in [0, 0.1) is 0 Å². The second-order valence-electron chi connectivity index (χ2n) is 9.44. The van der Waals surface area contributed by atoms with E-state index in [0.717, 1.165) is 41.6 Å². The van der Waals surface area contributed by atoms with Gasteiger partial charge in [0.1, 0.15) is 4.90 Å². The molecule has 0 amide bonds. The Hall–Kier alpha value is -4.16. The molecule has 7 aromatic carbocycles. The van der Waals surface area contributed by atoms with Crippen LogP contribution in [0.3, 0.4) is 0 Å². The molecule has 0 aromatic heterocycles. The molecule has 0 saturated carbocycles. The van der Waals surface area contributed by atoms with Crippen LogP contribution in [0.1, 0.15) is 0 Å². The molecule has 0 spiro atoms. The fraction of sp³-hybridized carbons (Fsp3) is 0. The topological polar surface area (TPSA) is 43.4 Å². The average molecular weight is 545 g/mol. The first-order valence-corrected chi connectivity index (χ1v) is 15.7. The van der Waals surface area contributed by atoms with Crippen LogP contribution in [0.15, 0.2) is 165 Å². The first-order valence-electron chi connectivity index (χ1n) is 12.7.